The number of nitrogens with two attached hydrogens (primary N) is 1. The van der Waals surface area contributed by atoms with Gasteiger partial charge in [-0.1, -0.05) is 13.8 Å². The van der Waals surface area contributed by atoms with E-state index in [1.165, 1.54) is 0 Å². The second-order valence-electron chi connectivity index (χ2n) is 2.68. The fourth-order valence-corrected chi connectivity index (χ4v) is 0.885. The van der Waals surface area contributed by atoms with Crippen LogP contribution in [0.15, 0.2) is 0 Å². The van der Waals surface area contributed by atoms with Crippen molar-refractivity contribution in [2.75, 3.05) is 0 Å². The molecule has 0 aromatic rings. The molecule has 0 spiro atoms. The maximum absolute atomic E-state index is 9.22. The summed E-state index contributed by atoms with van der Waals surface area (Å²) in [7, 11) is 0. The average molecular weight is 144 g/mol. The maximum atomic E-state index is 9.22. The lowest BCUT2D eigenvalue weighted by atomic mass is 9.99. The lowest BCUT2D eigenvalue weighted by Crippen LogP contribution is -2.22. The van der Waals surface area contributed by atoms with E-state index in [1.54, 1.807) is 0 Å². The first kappa shape index (κ1) is 9.43. The molecule has 0 radical (unpaired) electrons. The molecule has 3 nitrogen and oxygen atoms in total. The zero-order valence-corrected chi connectivity index (χ0v) is 6.59. The summed E-state index contributed by atoms with van der Waals surface area (Å²) in [6.45, 7) is 3.82. The van der Waals surface area contributed by atoms with Crippen LogP contribution in [0.5, 0.6) is 0 Å². The largest absolute Gasteiger partial charge is 0.393 e. The molecule has 0 aliphatic heterocycles. The van der Waals surface area contributed by atoms with Gasteiger partial charge in [0.15, 0.2) is 0 Å². The lowest BCUT2D eigenvalue weighted by Gasteiger charge is -2.15. The number of aliphatic hydroxyl groups is 1. The topological polar surface area (TPSA) is 70.1 Å². The highest BCUT2D eigenvalue weighted by molar-refractivity contribution is 5.77. The molecule has 0 bridgehead atoms. The Labute approximate surface area is 61.7 Å². The molecule has 0 fully saturated rings. The van der Waals surface area contributed by atoms with E-state index >= 15 is 0 Å². The normalized spacial score (nSPS) is 16.3. The van der Waals surface area contributed by atoms with Crippen molar-refractivity contribution in [1.29, 1.82) is 5.41 Å². The van der Waals surface area contributed by atoms with Crippen molar-refractivity contribution >= 4 is 5.84 Å². The Kier molecular flexibility index (Phi) is 4.03. The van der Waals surface area contributed by atoms with Gasteiger partial charge in [0, 0.05) is 6.42 Å². The number of rotatable bonds is 4. The first-order chi connectivity index (χ1) is 4.57. The van der Waals surface area contributed by atoms with Crippen LogP contribution in [0.3, 0.4) is 0 Å². The van der Waals surface area contributed by atoms with Crippen molar-refractivity contribution in [2.24, 2.45) is 11.7 Å². The first-order valence-electron chi connectivity index (χ1n) is 3.58. The number of amidine groups is 1. The minimum absolute atomic E-state index is 0.113. The van der Waals surface area contributed by atoms with E-state index in [1.807, 2.05) is 13.8 Å². The highest BCUT2D eigenvalue weighted by Gasteiger charge is 2.12. The van der Waals surface area contributed by atoms with Crippen LogP contribution in [0, 0.1) is 11.3 Å². The third-order valence-corrected chi connectivity index (χ3v) is 1.62. The molecule has 0 saturated heterocycles. The quantitative estimate of drug-likeness (QED) is 0.402. The molecular formula is C7H16N2O. The Bertz CT molecular complexity index is 114. The second kappa shape index (κ2) is 4.28. The molecule has 0 aliphatic carbocycles. The summed E-state index contributed by atoms with van der Waals surface area (Å²) >= 11 is 0. The van der Waals surface area contributed by atoms with Crippen LogP contribution in [0.25, 0.3) is 0 Å². The van der Waals surface area contributed by atoms with Gasteiger partial charge < -0.3 is 10.8 Å². The second-order valence-corrected chi connectivity index (χ2v) is 2.68. The number of aliphatic hydroxyl groups excluding tert-OH is 1. The molecular weight excluding hydrogens is 128 g/mol. The van der Waals surface area contributed by atoms with E-state index in [0.717, 1.165) is 6.42 Å². The zero-order valence-electron chi connectivity index (χ0n) is 6.59. The number of nitrogens with one attached hydrogen (secondary N) is 1. The molecule has 10 heavy (non-hydrogen) atoms. The van der Waals surface area contributed by atoms with Gasteiger partial charge in [0.1, 0.15) is 0 Å². The van der Waals surface area contributed by atoms with Crippen LogP contribution in [0.1, 0.15) is 26.7 Å². The van der Waals surface area contributed by atoms with Gasteiger partial charge in [0.25, 0.3) is 0 Å². The molecule has 60 valence electrons. The third kappa shape index (κ3) is 3.45. The molecule has 0 saturated carbocycles. The number of hydrogen-bond donors (Lipinski definition) is 3. The van der Waals surface area contributed by atoms with Gasteiger partial charge >= 0.3 is 0 Å². The molecule has 0 aromatic carbocycles. The van der Waals surface area contributed by atoms with Crippen molar-refractivity contribution in [2.45, 2.75) is 32.8 Å². The van der Waals surface area contributed by atoms with E-state index in [4.69, 9.17) is 11.1 Å². The summed E-state index contributed by atoms with van der Waals surface area (Å²) < 4.78 is 0. The van der Waals surface area contributed by atoms with Crippen molar-refractivity contribution in [3.05, 3.63) is 0 Å². The van der Waals surface area contributed by atoms with Gasteiger partial charge in [-0.25, -0.2) is 0 Å². The smallest absolute Gasteiger partial charge is 0.0908 e. The Morgan fingerprint density at radius 3 is 2.50 bits per heavy atom. The Morgan fingerprint density at radius 1 is 1.70 bits per heavy atom. The minimum atomic E-state index is -0.316. The van der Waals surface area contributed by atoms with E-state index < -0.39 is 0 Å². The Hall–Kier alpha value is -0.570. The zero-order chi connectivity index (χ0) is 8.15. The fraction of sp³-hybridized carbons (Fsp3) is 0.857. The molecule has 2 unspecified atom stereocenters. The predicted molar refractivity (Wildman–Crippen MR) is 42.0 cm³/mol. The molecule has 0 aromatic heterocycles. The van der Waals surface area contributed by atoms with Crippen LogP contribution < -0.4 is 5.73 Å². The highest BCUT2D eigenvalue weighted by Crippen LogP contribution is 2.09. The minimum Gasteiger partial charge on any atom is -0.393 e. The molecule has 0 heterocycles. The van der Waals surface area contributed by atoms with Gasteiger partial charge in [-0.15, -0.1) is 0 Å². The summed E-state index contributed by atoms with van der Waals surface area (Å²) in [5.74, 6) is 0.266. The molecule has 3 heteroatoms. The van der Waals surface area contributed by atoms with Crippen molar-refractivity contribution in [3.8, 4) is 0 Å². The van der Waals surface area contributed by atoms with Crippen molar-refractivity contribution in [3.63, 3.8) is 0 Å². The van der Waals surface area contributed by atoms with Crippen molar-refractivity contribution in [1.82, 2.24) is 0 Å². The SMILES string of the molecule is CCC(O)C(C)CC(=N)N. The van der Waals surface area contributed by atoms with Crippen LogP contribution >= 0.6 is 0 Å². The molecule has 4 N–H and O–H groups in total. The Balaban J connectivity index is 3.61. The predicted octanol–water partition coefficient (Wildman–Crippen LogP) is 0.719. The summed E-state index contributed by atoms with van der Waals surface area (Å²) in [5, 5.41) is 16.2. The van der Waals surface area contributed by atoms with E-state index in [-0.39, 0.29) is 17.9 Å². The van der Waals surface area contributed by atoms with Crippen LogP contribution in [0.4, 0.5) is 0 Å². The van der Waals surface area contributed by atoms with Gasteiger partial charge in [-0.2, -0.15) is 0 Å². The standard InChI is InChI=1S/C7H16N2O/c1-3-6(10)5(2)4-7(8)9/h5-6,10H,3-4H2,1-2H3,(H3,8,9). The summed E-state index contributed by atoms with van der Waals surface area (Å²) in [6, 6.07) is 0. The Morgan fingerprint density at radius 2 is 2.20 bits per heavy atom. The van der Waals surface area contributed by atoms with Crippen molar-refractivity contribution < 1.29 is 5.11 Å². The molecule has 0 rings (SSSR count). The van der Waals surface area contributed by atoms with Gasteiger partial charge in [0.05, 0.1) is 11.9 Å². The maximum Gasteiger partial charge on any atom is 0.0908 e. The van der Waals surface area contributed by atoms with Crippen LogP contribution in [0.2, 0.25) is 0 Å². The van der Waals surface area contributed by atoms with Crippen LogP contribution in [-0.4, -0.2) is 17.0 Å². The summed E-state index contributed by atoms with van der Waals surface area (Å²) in [4.78, 5) is 0. The molecule has 2 atom stereocenters. The monoisotopic (exact) mass is 144 g/mol. The summed E-state index contributed by atoms with van der Waals surface area (Å²) in [5.41, 5.74) is 5.16. The van der Waals surface area contributed by atoms with E-state index in [0.29, 0.717) is 6.42 Å². The summed E-state index contributed by atoms with van der Waals surface area (Å²) in [6.07, 6.45) is 0.910. The lowest BCUT2D eigenvalue weighted by molar-refractivity contribution is 0.116. The van der Waals surface area contributed by atoms with E-state index in [2.05, 4.69) is 0 Å². The average Bonchev–Trinajstić information content (AvgIpc) is 1.85. The van der Waals surface area contributed by atoms with Gasteiger partial charge in [-0.05, 0) is 12.3 Å². The van der Waals surface area contributed by atoms with Gasteiger partial charge in [0.2, 0.25) is 0 Å². The molecule has 0 aliphatic rings. The first-order valence-corrected chi connectivity index (χ1v) is 3.58. The van der Waals surface area contributed by atoms with Crippen LogP contribution in [-0.2, 0) is 0 Å². The molecule has 0 amide bonds. The fourth-order valence-electron chi connectivity index (χ4n) is 0.885. The highest BCUT2D eigenvalue weighted by atomic mass is 16.3. The van der Waals surface area contributed by atoms with Gasteiger partial charge in [-0.3, -0.25) is 5.41 Å². The van der Waals surface area contributed by atoms with E-state index in [9.17, 15) is 5.11 Å². The third-order valence-electron chi connectivity index (χ3n) is 1.62. The number of hydrogen-bond acceptors (Lipinski definition) is 2.